The Bertz CT molecular complexity index is 441. The fourth-order valence-electron chi connectivity index (χ4n) is 3.70. The summed E-state index contributed by atoms with van der Waals surface area (Å²) >= 11 is 0. The molecule has 1 nitrogen and oxygen atoms in total. The maximum absolute atomic E-state index is 6.59. The van der Waals surface area contributed by atoms with E-state index in [0.29, 0.717) is 11.8 Å². The van der Waals surface area contributed by atoms with E-state index < -0.39 is 0 Å². The Hall–Kier alpha value is -0.820. The molecule has 2 rings (SSSR count). The van der Waals surface area contributed by atoms with Gasteiger partial charge in [0.05, 0.1) is 0 Å². The average Bonchev–Trinajstić information content (AvgIpc) is 2.47. The topological polar surface area (TPSA) is 26.0 Å². The molecule has 0 spiro atoms. The summed E-state index contributed by atoms with van der Waals surface area (Å²) in [5.41, 5.74) is 10.9. The lowest BCUT2D eigenvalue weighted by molar-refractivity contribution is 0.318. The molecular weight excluding hydrogens is 254 g/mol. The first-order valence-corrected chi connectivity index (χ1v) is 8.88. The van der Waals surface area contributed by atoms with Gasteiger partial charge in [-0.2, -0.15) is 0 Å². The summed E-state index contributed by atoms with van der Waals surface area (Å²) in [6.07, 6.45) is 8.16. The van der Waals surface area contributed by atoms with E-state index in [0.717, 1.165) is 5.92 Å². The van der Waals surface area contributed by atoms with Crippen molar-refractivity contribution in [2.75, 3.05) is 0 Å². The van der Waals surface area contributed by atoms with Gasteiger partial charge in [-0.15, -0.1) is 0 Å². The molecule has 0 saturated heterocycles. The van der Waals surface area contributed by atoms with Crippen LogP contribution in [-0.4, -0.2) is 0 Å². The average molecular weight is 287 g/mol. The van der Waals surface area contributed by atoms with E-state index in [2.05, 4.69) is 45.9 Å². The van der Waals surface area contributed by atoms with Crippen LogP contribution in [0, 0.1) is 5.92 Å². The van der Waals surface area contributed by atoms with Crippen molar-refractivity contribution in [2.24, 2.45) is 11.7 Å². The molecule has 118 valence electrons. The summed E-state index contributed by atoms with van der Waals surface area (Å²) < 4.78 is 0. The van der Waals surface area contributed by atoms with E-state index in [4.69, 9.17) is 5.73 Å². The summed E-state index contributed by atoms with van der Waals surface area (Å²) in [4.78, 5) is 0. The Morgan fingerprint density at radius 2 is 1.62 bits per heavy atom. The van der Waals surface area contributed by atoms with Crippen LogP contribution in [0.4, 0.5) is 0 Å². The Kier molecular flexibility index (Phi) is 5.87. The van der Waals surface area contributed by atoms with Gasteiger partial charge >= 0.3 is 0 Å². The van der Waals surface area contributed by atoms with Gasteiger partial charge in [-0.05, 0) is 40.9 Å². The van der Waals surface area contributed by atoms with E-state index in [1.165, 1.54) is 55.2 Å². The van der Waals surface area contributed by atoms with Crippen molar-refractivity contribution in [3.8, 4) is 0 Å². The first kappa shape index (κ1) is 16.5. The third-order valence-corrected chi connectivity index (χ3v) is 5.11. The molecule has 1 aromatic rings. The van der Waals surface area contributed by atoms with Crippen LogP contribution in [0.1, 0.15) is 101 Å². The summed E-state index contributed by atoms with van der Waals surface area (Å²) in [5, 5.41) is 0. The van der Waals surface area contributed by atoms with Crippen LogP contribution in [0.2, 0.25) is 0 Å². The molecular formula is C20H33N. The monoisotopic (exact) mass is 287 g/mol. The summed E-state index contributed by atoms with van der Waals surface area (Å²) in [7, 11) is 0. The first-order valence-electron chi connectivity index (χ1n) is 8.88. The van der Waals surface area contributed by atoms with Crippen molar-refractivity contribution < 1.29 is 0 Å². The second-order valence-electron chi connectivity index (χ2n) is 7.54. The minimum absolute atomic E-state index is 0.215. The molecule has 1 aliphatic carbocycles. The second kappa shape index (κ2) is 7.45. The summed E-state index contributed by atoms with van der Waals surface area (Å²) in [6, 6.07) is 7.20. The molecule has 0 heterocycles. The highest BCUT2D eigenvalue weighted by Gasteiger charge is 2.20. The van der Waals surface area contributed by atoms with Crippen LogP contribution in [0.5, 0.6) is 0 Å². The predicted molar refractivity (Wildman–Crippen MR) is 92.7 cm³/mol. The molecule has 0 radical (unpaired) electrons. The minimum Gasteiger partial charge on any atom is -0.324 e. The zero-order chi connectivity index (χ0) is 15.4. The largest absolute Gasteiger partial charge is 0.324 e. The van der Waals surface area contributed by atoms with Crippen molar-refractivity contribution in [3.05, 3.63) is 34.9 Å². The zero-order valence-corrected chi connectivity index (χ0v) is 14.4. The number of hydrogen-bond acceptors (Lipinski definition) is 1. The predicted octanol–water partition coefficient (Wildman–Crippen LogP) is 5.90. The molecule has 2 N–H and O–H groups in total. The van der Waals surface area contributed by atoms with Crippen LogP contribution in [0.15, 0.2) is 18.2 Å². The quantitative estimate of drug-likeness (QED) is 0.716. The Morgan fingerprint density at radius 1 is 0.952 bits per heavy atom. The van der Waals surface area contributed by atoms with Crippen LogP contribution in [0.3, 0.4) is 0 Å². The fourth-order valence-corrected chi connectivity index (χ4v) is 3.70. The van der Waals surface area contributed by atoms with Crippen molar-refractivity contribution in [2.45, 2.75) is 84.1 Å². The Morgan fingerprint density at radius 3 is 2.19 bits per heavy atom. The van der Waals surface area contributed by atoms with Gasteiger partial charge in [-0.3, -0.25) is 0 Å². The molecule has 1 heteroatoms. The maximum Gasteiger partial charge on any atom is 0.0300 e. The molecule has 1 aliphatic rings. The lowest BCUT2D eigenvalue weighted by atomic mass is 9.81. The third-order valence-electron chi connectivity index (χ3n) is 5.11. The molecule has 1 fully saturated rings. The number of nitrogens with two attached hydrogens (primary N) is 1. The lowest BCUT2D eigenvalue weighted by Crippen LogP contribution is -2.19. The van der Waals surface area contributed by atoms with Gasteiger partial charge in [0, 0.05) is 6.04 Å². The standard InChI is InChI=1S/C20H33N/c1-14(2)17-10-11-18(19(13-17)15(3)4)20(21)12-16-8-6-5-7-9-16/h10-11,13-16,20H,5-9,12,21H2,1-4H3. The Balaban J connectivity index is 2.16. The second-order valence-corrected chi connectivity index (χ2v) is 7.54. The van der Waals surface area contributed by atoms with Gasteiger partial charge in [-0.1, -0.05) is 78.0 Å². The minimum atomic E-state index is 0.215. The van der Waals surface area contributed by atoms with Crippen molar-refractivity contribution in [1.29, 1.82) is 0 Å². The number of rotatable bonds is 5. The SMILES string of the molecule is CC(C)c1ccc(C(N)CC2CCCCC2)c(C(C)C)c1. The van der Waals surface area contributed by atoms with E-state index in [1.54, 1.807) is 0 Å². The van der Waals surface area contributed by atoms with Gasteiger partial charge in [0.1, 0.15) is 0 Å². The highest BCUT2D eigenvalue weighted by atomic mass is 14.6. The third kappa shape index (κ3) is 4.32. The normalized spacial score (nSPS) is 18.4. The lowest BCUT2D eigenvalue weighted by Gasteiger charge is -2.27. The molecule has 0 aromatic heterocycles. The molecule has 0 bridgehead atoms. The Labute approximate surface area is 131 Å². The van der Waals surface area contributed by atoms with E-state index in [-0.39, 0.29) is 6.04 Å². The van der Waals surface area contributed by atoms with Gasteiger partial charge in [0.15, 0.2) is 0 Å². The highest BCUT2D eigenvalue weighted by molar-refractivity contribution is 5.37. The fraction of sp³-hybridized carbons (Fsp3) is 0.700. The number of benzene rings is 1. The molecule has 1 unspecified atom stereocenters. The summed E-state index contributed by atoms with van der Waals surface area (Å²) in [5.74, 6) is 1.99. The van der Waals surface area contributed by atoms with Crippen molar-refractivity contribution in [1.82, 2.24) is 0 Å². The molecule has 1 aromatic carbocycles. The molecule has 21 heavy (non-hydrogen) atoms. The molecule has 1 atom stereocenters. The highest BCUT2D eigenvalue weighted by Crippen LogP contribution is 2.34. The molecule has 0 amide bonds. The number of hydrogen-bond donors (Lipinski definition) is 1. The van der Waals surface area contributed by atoms with E-state index >= 15 is 0 Å². The van der Waals surface area contributed by atoms with Gasteiger partial charge in [0.25, 0.3) is 0 Å². The maximum atomic E-state index is 6.59. The smallest absolute Gasteiger partial charge is 0.0300 e. The van der Waals surface area contributed by atoms with E-state index in [9.17, 15) is 0 Å². The molecule has 0 aliphatic heterocycles. The zero-order valence-electron chi connectivity index (χ0n) is 14.4. The van der Waals surface area contributed by atoms with Crippen molar-refractivity contribution >= 4 is 0 Å². The van der Waals surface area contributed by atoms with Gasteiger partial charge < -0.3 is 5.73 Å². The van der Waals surface area contributed by atoms with Crippen LogP contribution < -0.4 is 5.73 Å². The van der Waals surface area contributed by atoms with Crippen molar-refractivity contribution in [3.63, 3.8) is 0 Å². The van der Waals surface area contributed by atoms with Crippen LogP contribution >= 0.6 is 0 Å². The first-order chi connectivity index (χ1) is 9.99. The van der Waals surface area contributed by atoms with Crippen LogP contribution in [0.25, 0.3) is 0 Å². The van der Waals surface area contributed by atoms with E-state index in [1.807, 2.05) is 0 Å². The molecule has 1 saturated carbocycles. The van der Waals surface area contributed by atoms with Gasteiger partial charge in [-0.25, -0.2) is 0 Å². The van der Waals surface area contributed by atoms with Crippen LogP contribution in [-0.2, 0) is 0 Å². The summed E-state index contributed by atoms with van der Waals surface area (Å²) in [6.45, 7) is 9.11. The van der Waals surface area contributed by atoms with Gasteiger partial charge in [0.2, 0.25) is 0 Å².